The average Bonchev–Trinajstić information content (AvgIpc) is 2.70. The van der Waals surface area contributed by atoms with Gasteiger partial charge < -0.3 is 0 Å². The number of thioether (sulfide) groups is 1. The van der Waals surface area contributed by atoms with E-state index in [1.807, 2.05) is 0 Å². The molecular formula is C19H30S. The van der Waals surface area contributed by atoms with E-state index >= 15 is 0 Å². The predicted octanol–water partition coefficient (Wildman–Crippen LogP) is 5.51. The molecule has 1 aliphatic heterocycles. The summed E-state index contributed by atoms with van der Waals surface area (Å²) in [7, 11) is 0. The minimum atomic E-state index is 0.748. The first-order valence-corrected chi connectivity index (χ1v) is 10.4. The van der Waals surface area contributed by atoms with Crippen LogP contribution in [0.25, 0.3) is 0 Å². The molecule has 0 aromatic rings. The largest absolute Gasteiger partial charge is 0.157 e. The third kappa shape index (κ3) is 1.42. The molecule has 7 atom stereocenters. The highest BCUT2D eigenvalue weighted by Gasteiger charge is 2.64. The van der Waals surface area contributed by atoms with Gasteiger partial charge in [-0.15, -0.1) is 0 Å². The summed E-state index contributed by atoms with van der Waals surface area (Å²) in [5, 5.41) is 1.09. The Morgan fingerprint density at radius 2 is 1.80 bits per heavy atom. The molecule has 112 valence electrons. The molecule has 4 saturated carbocycles. The predicted molar refractivity (Wildman–Crippen MR) is 86.9 cm³/mol. The van der Waals surface area contributed by atoms with Gasteiger partial charge in [0.2, 0.25) is 0 Å². The molecule has 1 heteroatoms. The highest BCUT2D eigenvalue weighted by atomic mass is 32.2. The van der Waals surface area contributed by atoms with Crippen molar-refractivity contribution < 1.29 is 0 Å². The fourth-order valence-electron chi connectivity index (χ4n) is 7.74. The first-order valence-electron chi connectivity index (χ1n) is 9.36. The van der Waals surface area contributed by atoms with E-state index in [9.17, 15) is 0 Å². The van der Waals surface area contributed by atoms with Gasteiger partial charge in [-0.05, 0) is 85.9 Å². The molecule has 1 heterocycles. The maximum atomic E-state index is 2.72. The van der Waals surface area contributed by atoms with Crippen LogP contribution in [0.3, 0.4) is 0 Å². The minimum Gasteiger partial charge on any atom is -0.157 e. The molecule has 0 amide bonds. The van der Waals surface area contributed by atoms with Crippen molar-refractivity contribution in [2.24, 2.45) is 34.5 Å². The molecule has 4 aliphatic carbocycles. The number of fused-ring (bicyclic) bond motifs is 4. The summed E-state index contributed by atoms with van der Waals surface area (Å²) in [5.41, 5.74) is 1.60. The highest BCUT2D eigenvalue weighted by molar-refractivity contribution is 8.01. The van der Waals surface area contributed by atoms with Crippen molar-refractivity contribution in [3.63, 3.8) is 0 Å². The van der Waals surface area contributed by atoms with Gasteiger partial charge in [-0.2, -0.15) is 11.8 Å². The van der Waals surface area contributed by atoms with Gasteiger partial charge in [-0.1, -0.05) is 19.8 Å². The first kappa shape index (κ1) is 12.9. The smallest absolute Gasteiger partial charge is 0.0114 e. The van der Waals surface area contributed by atoms with Gasteiger partial charge in [0.15, 0.2) is 0 Å². The second-order valence-corrected chi connectivity index (χ2v) is 10.2. The standard InChI is InChI=1S/C19H30S/c1-18-10-3-2-4-13(18)5-6-14-15(18)9-11-19-12-20-17(19)8-7-16(14)19/h13-17H,2-12H2,1H3/t13?,14-,15+,16+,17?,18+,19-/m1/s1. The van der Waals surface area contributed by atoms with Crippen LogP contribution in [-0.4, -0.2) is 11.0 Å². The Bertz CT molecular complexity index is 418. The van der Waals surface area contributed by atoms with Crippen LogP contribution in [-0.2, 0) is 0 Å². The normalized spacial score (nSPS) is 60.8. The van der Waals surface area contributed by atoms with Crippen molar-refractivity contribution in [2.75, 3.05) is 5.75 Å². The molecule has 0 radical (unpaired) electrons. The minimum absolute atomic E-state index is 0.748. The van der Waals surface area contributed by atoms with Gasteiger partial charge in [0.05, 0.1) is 0 Å². The summed E-state index contributed by atoms with van der Waals surface area (Å²) in [6.07, 6.45) is 15.8. The fourth-order valence-corrected chi connectivity index (χ4v) is 9.52. The molecule has 0 aromatic carbocycles. The van der Waals surface area contributed by atoms with E-state index in [1.165, 1.54) is 18.6 Å². The van der Waals surface area contributed by atoms with E-state index in [0.717, 1.165) is 39.8 Å². The van der Waals surface area contributed by atoms with E-state index in [-0.39, 0.29) is 0 Å². The van der Waals surface area contributed by atoms with Crippen molar-refractivity contribution in [2.45, 2.75) is 76.4 Å². The van der Waals surface area contributed by atoms with Crippen LogP contribution in [0, 0.1) is 34.5 Å². The summed E-state index contributed by atoms with van der Waals surface area (Å²) >= 11 is 2.31. The van der Waals surface area contributed by atoms with Crippen molar-refractivity contribution >= 4 is 11.8 Å². The molecule has 5 aliphatic rings. The Hall–Kier alpha value is 0.350. The third-order valence-corrected chi connectivity index (χ3v) is 10.6. The van der Waals surface area contributed by atoms with E-state index < -0.39 is 0 Å². The van der Waals surface area contributed by atoms with Crippen LogP contribution < -0.4 is 0 Å². The van der Waals surface area contributed by atoms with Gasteiger partial charge in [-0.25, -0.2) is 0 Å². The lowest BCUT2D eigenvalue weighted by atomic mass is 9.45. The molecule has 5 fully saturated rings. The van der Waals surface area contributed by atoms with Crippen LogP contribution >= 0.6 is 11.8 Å². The Morgan fingerprint density at radius 1 is 0.850 bits per heavy atom. The van der Waals surface area contributed by atoms with Crippen LogP contribution in [0.5, 0.6) is 0 Å². The lowest BCUT2D eigenvalue weighted by Gasteiger charge is -2.63. The summed E-state index contributed by atoms with van der Waals surface area (Å²) in [6, 6.07) is 0. The van der Waals surface area contributed by atoms with Crippen LogP contribution in [0.2, 0.25) is 0 Å². The lowest BCUT2D eigenvalue weighted by molar-refractivity contribution is -0.103. The van der Waals surface area contributed by atoms with Crippen LogP contribution in [0.1, 0.15) is 71.1 Å². The SMILES string of the molecule is C[C@]12CCCCC1CC[C@H]1[C@@H]3CCC4SC[C@@]43CC[C@@H]12. The highest BCUT2D eigenvalue weighted by Crippen LogP contribution is 2.71. The van der Waals surface area contributed by atoms with Gasteiger partial charge in [0.25, 0.3) is 0 Å². The summed E-state index contributed by atoms with van der Waals surface area (Å²) in [6.45, 7) is 2.72. The van der Waals surface area contributed by atoms with Gasteiger partial charge in [0.1, 0.15) is 0 Å². The molecular weight excluding hydrogens is 260 g/mol. The van der Waals surface area contributed by atoms with Crippen LogP contribution in [0.15, 0.2) is 0 Å². The van der Waals surface area contributed by atoms with Crippen molar-refractivity contribution in [3.05, 3.63) is 0 Å². The zero-order valence-electron chi connectivity index (χ0n) is 13.1. The zero-order chi connectivity index (χ0) is 13.4. The van der Waals surface area contributed by atoms with Crippen molar-refractivity contribution in [1.29, 1.82) is 0 Å². The molecule has 5 rings (SSSR count). The average molecular weight is 291 g/mol. The third-order valence-electron chi connectivity index (χ3n) is 8.77. The lowest BCUT2D eigenvalue weighted by Crippen LogP contribution is -2.57. The maximum Gasteiger partial charge on any atom is 0.0114 e. The molecule has 0 N–H and O–H groups in total. The fraction of sp³-hybridized carbons (Fsp3) is 1.00. The Kier molecular flexibility index (Phi) is 2.70. The summed E-state index contributed by atoms with van der Waals surface area (Å²) in [4.78, 5) is 0. The van der Waals surface area contributed by atoms with Crippen LogP contribution in [0.4, 0.5) is 0 Å². The van der Waals surface area contributed by atoms with Crippen molar-refractivity contribution in [1.82, 2.24) is 0 Å². The zero-order valence-corrected chi connectivity index (χ0v) is 13.9. The quantitative estimate of drug-likeness (QED) is 0.566. The van der Waals surface area contributed by atoms with E-state index in [0.29, 0.717) is 0 Å². The molecule has 1 saturated heterocycles. The summed E-state index contributed by atoms with van der Waals surface area (Å²) in [5.74, 6) is 6.02. The van der Waals surface area contributed by atoms with E-state index in [1.54, 1.807) is 51.4 Å². The molecule has 2 unspecified atom stereocenters. The summed E-state index contributed by atoms with van der Waals surface area (Å²) < 4.78 is 0. The molecule has 20 heavy (non-hydrogen) atoms. The van der Waals surface area contributed by atoms with E-state index in [4.69, 9.17) is 0 Å². The number of hydrogen-bond donors (Lipinski definition) is 0. The Balaban J connectivity index is 1.48. The Labute approximate surface area is 128 Å². The monoisotopic (exact) mass is 290 g/mol. The van der Waals surface area contributed by atoms with E-state index in [2.05, 4.69) is 18.7 Å². The molecule has 1 spiro atoms. The number of rotatable bonds is 0. The topological polar surface area (TPSA) is 0 Å². The second kappa shape index (κ2) is 4.21. The van der Waals surface area contributed by atoms with Gasteiger partial charge >= 0.3 is 0 Å². The van der Waals surface area contributed by atoms with Crippen molar-refractivity contribution in [3.8, 4) is 0 Å². The number of hydrogen-bond acceptors (Lipinski definition) is 1. The van der Waals surface area contributed by atoms with Gasteiger partial charge in [-0.3, -0.25) is 0 Å². The maximum absolute atomic E-state index is 2.72. The second-order valence-electron chi connectivity index (χ2n) is 9.05. The first-order chi connectivity index (χ1) is 9.74. The van der Waals surface area contributed by atoms with Gasteiger partial charge in [0, 0.05) is 11.0 Å². The molecule has 0 aromatic heterocycles. The Morgan fingerprint density at radius 3 is 2.65 bits per heavy atom. The molecule has 0 bridgehead atoms. The molecule has 0 nitrogen and oxygen atoms in total.